The summed E-state index contributed by atoms with van der Waals surface area (Å²) in [6.45, 7) is 4.16. The molecule has 0 spiro atoms. The van der Waals surface area contributed by atoms with Crippen LogP contribution in [0.1, 0.15) is 43.4 Å². The summed E-state index contributed by atoms with van der Waals surface area (Å²) in [4.78, 5) is 12.5. The molecule has 0 radical (unpaired) electrons. The predicted molar refractivity (Wildman–Crippen MR) is 120 cm³/mol. The second kappa shape index (κ2) is 9.21. The van der Waals surface area contributed by atoms with E-state index in [0.717, 1.165) is 33.5 Å². The summed E-state index contributed by atoms with van der Waals surface area (Å²) in [5, 5.41) is 9.65. The van der Waals surface area contributed by atoms with Crippen molar-refractivity contribution in [1.82, 2.24) is 10.6 Å². The zero-order valence-corrected chi connectivity index (χ0v) is 20.3. The van der Waals surface area contributed by atoms with Gasteiger partial charge in [0, 0.05) is 0 Å². The van der Waals surface area contributed by atoms with Crippen molar-refractivity contribution in [1.29, 1.82) is 0 Å². The molecule has 1 amide bonds. The summed E-state index contributed by atoms with van der Waals surface area (Å²) in [5.74, 6) is -2.76. The average molecular weight is 550 g/mol. The second-order valence-corrected chi connectivity index (χ2v) is 10.9. The van der Waals surface area contributed by atoms with Crippen LogP contribution in [0.3, 0.4) is 0 Å². The molecule has 1 fully saturated rings. The summed E-state index contributed by atoms with van der Waals surface area (Å²) in [6.07, 6.45) is 6.61. The first-order valence-corrected chi connectivity index (χ1v) is 13.3. The van der Waals surface area contributed by atoms with Crippen LogP contribution in [0.2, 0.25) is 0 Å². The molecule has 0 saturated carbocycles. The van der Waals surface area contributed by atoms with E-state index in [1.165, 1.54) is 22.6 Å². The number of rotatable bonds is 6. The maximum absolute atomic E-state index is 14.0. The molecule has 7 heteroatoms. The van der Waals surface area contributed by atoms with Gasteiger partial charge in [0.2, 0.25) is 0 Å². The number of anilines is 2. The molecular weight excluding hydrogens is 523 g/mol. The van der Waals surface area contributed by atoms with Crippen molar-refractivity contribution in [2.75, 3.05) is 16.4 Å². The van der Waals surface area contributed by atoms with E-state index in [9.17, 15) is 13.6 Å². The molecule has 0 bridgehead atoms. The van der Waals surface area contributed by atoms with Crippen LogP contribution in [-0.4, -0.2) is 17.0 Å². The van der Waals surface area contributed by atoms with Gasteiger partial charge < -0.3 is 0 Å². The Morgan fingerprint density at radius 1 is 1.19 bits per heavy atom. The van der Waals surface area contributed by atoms with Crippen LogP contribution in [0.4, 0.5) is 20.2 Å². The standard InChI is InChI=1S/C25H27F2IN3O/c1-3-25(26,27)17-6-9-19(10-7-17)31-22-11-8-18(24(2)12-14-30-23(24)32)15-20(22)21-5-4-13-29-16-28-21/h4-11,13,15,29,31H,3,12,14,16H2,1-2H3,(H,30,32)/q-1. The Kier molecular flexibility index (Phi) is 6.55. The molecule has 2 aliphatic rings. The average Bonchev–Trinajstić information content (AvgIpc) is 2.98. The van der Waals surface area contributed by atoms with Crippen LogP contribution in [-0.2, 0) is 16.1 Å². The molecule has 4 rings (SSSR count). The van der Waals surface area contributed by atoms with Gasteiger partial charge in [0.05, 0.1) is 0 Å². The number of amides is 1. The molecule has 32 heavy (non-hydrogen) atoms. The molecule has 1 saturated heterocycles. The van der Waals surface area contributed by atoms with Crippen molar-refractivity contribution in [3.8, 4) is 0 Å². The SMILES string of the molecule is CCC(F)(F)c1ccc(Nc2ccc(C3(C)CCNC3=O)cc2C2=CC=CNC[I-]2)cc1. The Morgan fingerprint density at radius 3 is 2.66 bits per heavy atom. The molecule has 2 aliphatic heterocycles. The van der Waals surface area contributed by atoms with E-state index >= 15 is 0 Å². The van der Waals surface area contributed by atoms with Crippen molar-refractivity contribution < 1.29 is 34.8 Å². The van der Waals surface area contributed by atoms with Crippen molar-refractivity contribution in [3.63, 3.8) is 0 Å². The number of halogens is 3. The molecule has 0 aliphatic carbocycles. The van der Waals surface area contributed by atoms with Gasteiger partial charge in [0.1, 0.15) is 0 Å². The number of hydrogen-bond donors (Lipinski definition) is 3. The van der Waals surface area contributed by atoms with Crippen LogP contribution >= 0.6 is 0 Å². The van der Waals surface area contributed by atoms with Gasteiger partial charge in [-0.25, -0.2) is 0 Å². The predicted octanol–water partition coefficient (Wildman–Crippen LogP) is 2.21. The number of allylic oxidation sites excluding steroid dienone is 2. The fourth-order valence-electron chi connectivity index (χ4n) is 3.92. The fraction of sp³-hybridized carbons (Fsp3) is 0.320. The van der Waals surface area contributed by atoms with Gasteiger partial charge in [0.15, 0.2) is 0 Å². The van der Waals surface area contributed by atoms with Gasteiger partial charge in [-0.1, -0.05) is 0 Å². The Balaban J connectivity index is 1.70. The van der Waals surface area contributed by atoms with Gasteiger partial charge in [-0.05, 0) is 0 Å². The Labute approximate surface area is 197 Å². The molecule has 4 nitrogen and oxygen atoms in total. The quantitative estimate of drug-likeness (QED) is 0.294. The van der Waals surface area contributed by atoms with Crippen LogP contribution in [0.15, 0.2) is 60.8 Å². The Bertz CT molecular complexity index is 1070. The summed E-state index contributed by atoms with van der Waals surface area (Å²) in [7, 11) is 0. The molecule has 1 atom stereocenters. The van der Waals surface area contributed by atoms with E-state index in [2.05, 4.69) is 28.1 Å². The molecule has 3 N–H and O–H groups in total. The molecule has 2 heterocycles. The van der Waals surface area contributed by atoms with E-state index in [1.54, 1.807) is 12.1 Å². The Hall–Kier alpha value is -2.42. The van der Waals surface area contributed by atoms with Crippen LogP contribution in [0.5, 0.6) is 0 Å². The minimum absolute atomic E-state index is 0.0230. The van der Waals surface area contributed by atoms with Gasteiger partial charge in [-0.3, -0.25) is 0 Å². The first kappa shape index (κ1) is 22.8. The molecule has 0 aromatic heterocycles. The topological polar surface area (TPSA) is 53.2 Å². The normalized spacial score (nSPS) is 21.1. The third-order valence-electron chi connectivity index (χ3n) is 6.10. The van der Waals surface area contributed by atoms with Crippen LogP contribution < -0.4 is 37.2 Å². The summed E-state index contributed by atoms with van der Waals surface area (Å²) >= 11 is -0.280. The van der Waals surface area contributed by atoms with E-state index in [-0.39, 0.29) is 39.1 Å². The summed E-state index contributed by atoms with van der Waals surface area (Å²) in [5.41, 5.74) is 3.20. The number of benzene rings is 2. The molecule has 1 unspecified atom stereocenters. The number of hydrogen-bond acceptors (Lipinski definition) is 3. The van der Waals surface area contributed by atoms with Crippen molar-refractivity contribution >= 4 is 20.9 Å². The van der Waals surface area contributed by atoms with Crippen molar-refractivity contribution in [2.45, 2.75) is 38.0 Å². The van der Waals surface area contributed by atoms with E-state index in [1.807, 2.05) is 31.3 Å². The number of nitrogens with one attached hydrogen (secondary N) is 3. The van der Waals surface area contributed by atoms with Crippen molar-refractivity contribution in [2.24, 2.45) is 0 Å². The summed E-state index contributed by atoms with van der Waals surface area (Å²) < 4.78 is 30.1. The fourth-order valence-corrected chi connectivity index (χ4v) is 6.13. The van der Waals surface area contributed by atoms with E-state index in [4.69, 9.17) is 0 Å². The third-order valence-corrected chi connectivity index (χ3v) is 8.68. The first-order chi connectivity index (χ1) is 15.3. The van der Waals surface area contributed by atoms with Crippen LogP contribution in [0.25, 0.3) is 3.58 Å². The second-order valence-electron chi connectivity index (χ2n) is 8.20. The van der Waals surface area contributed by atoms with Gasteiger partial charge in [0.25, 0.3) is 0 Å². The van der Waals surface area contributed by atoms with E-state index in [0.29, 0.717) is 6.54 Å². The molecule has 2 aromatic carbocycles. The maximum atomic E-state index is 14.0. The number of alkyl halides is 3. The Morgan fingerprint density at radius 2 is 1.97 bits per heavy atom. The van der Waals surface area contributed by atoms with Crippen molar-refractivity contribution in [3.05, 3.63) is 77.5 Å². The number of carbonyl (C=O) groups is 1. The van der Waals surface area contributed by atoms with Crippen LogP contribution in [0, 0.1) is 0 Å². The third kappa shape index (κ3) is 4.53. The molecule has 2 aromatic rings. The zero-order chi connectivity index (χ0) is 22.8. The van der Waals surface area contributed by atoms with Gasteiger partial charge in [-0.2, -0.15) is 0 Å². The minimum atomic E-state index is -2.82. The van der Waals surface area contributed by atoms with Gasteiger partial charge in [-0.15, -0.1) is 0 Å². The number of carbonyl (C=O) groups excluding carboxylic acids is 1. The zero-order valence-electron chi connectivity index (χ0n) is 18.1. The molecular formula is C25H27F2IN3O-. The van der Waals surface area contributed by atoms with E-state index < -0.39 is 11.3 Å². The summed E-state index contributed by atoms with van der Waals surface area (Å²) in [6, 6.07) is 12.5. The first-order valence-electron chi connectivity index (χ1n) is 10.7. The molecule has 170 valence electrons. The van der Waals surface area contributed by atoms with Gasteiger partial charge >= 0.3 is 198 Å². The monoisotopic (exact) mass is 550 g/mol.